The molecule has 0 bridgehead atoms. The summed E-state index contributed by atoms with van der Waals surface area (Å²) in [5, 5.41) is 13.4. The van der Waals surface area contributed by atoms with Crippen molar-refractivity contribution in [2.45, 2.75) is 11.8 Å². The molecule has 0 saturated carbocycles. The Hall–Kier alpha value is -2.00. The predicted molar refractivity (Wildman–Crippen MR) is 69.6 cm³/mol. The number of piperazine rings is 1. The van der Waals surface area contributed by atoms with Crippen LogP contribution in [0.5, 0.6) is 0 Å². The van der Waals surface area contributed by atoms with E-state index in [9.17, 15) is 23.3 Å². The normalized spacial score (nSPS) is 16.8. The van der Waals surface area contributed by atoms with Crippen molar-refractivity contribution in [2.24, 2.45) is 0 Å². The SMILES string of the molecule is Cc1ccc(S(=O)(=O)N2CCNC(=O)C2)cc1[N+](=O)[O-]. The first-order valence-corrected chi connectivity index (χ1v) is 7.28. The zero-order valence-electron chi connectivity index (χ0n) is 10.7. The van der Waals surface area contributed by atoms with Crippen molar-refractivity contribution < 1.29 is 18.1 Å². The molecule has 1 fully saturated rings. The number of carbonyl (C=O) groups is 1. The van der Waals surface area contributed by atoms with Crippen molar-refractivity contribution in [3.05, 3.63) is 33.9 Å². The van der Waals surface area contributed by atoms with Gasteiger partial charge in [-0.25, -0.2) is 8.42 Å². The lowest BCUT2D eigenvalue weighted by Crippen LogP contribution is -2.49. The van der Waals surface area contributed by atoms with E-state index in [0.717, 1.165) is 10.4 Å². The van der Waals surface area contributed by atoms with Gasteiger partial charge in [-0.3, -0.25) is 14.9 Å². The molecule has 20 heavy (non-hydrogen) atoms. The molecule has 1 N–H and O–H groups in total. The summed E-state index contributed by atoms with van der Waals surface area (Å²) in [6.07, 6.45) is 0. The molecule has 1 aromatic carbocycles. The second-order valence-electron chi connectivity index (χ2n) is 4.39. The highest BCUT2D eigenvalue weighted by Crippen LogP contribution is 2.24. The summed E-state index contributed by atoms with van der Waals surface area (Å²) in [7, 11) is -3.90. The Labute approximate surface area is 115 Å². The molecule has 1 aliphatic rings. The molecule has 1 aromatic rings. The maximum Gasteiger partial charge on any atom is 0.273 e. The minimum absolute atomic E-state index is 0.149. The second-order valence-corrected chi connectivity index (χ2v) is 6.33. The fourth-order valence-corrected chi connectivity index (χ4v) is 3.33. The number of nitrogens with zero attached hydrogens (tertiary/aromatic N) is 2. The van der Waals surface area contributed by atoms with Gasteiger partial charge in [0.25, 0.3) is 5.69 Å². The summed E-state index contributed by atoms with van der Waals surface area (Å²) in [5.41, 5.74) is 0.123. The molecule has 0 radical (unpaired) electrons. The van der Waals surface area contributed by atoms with E-state index in [-0.39, 0.29) is 36.1 Å². The van der Waals surface area contributed by atoms with Gasteiger partial charge >= 0.3 is 0 Å². The molecule has 2 rings (SSSR count). The van der Waals surface area contributed by atoms with Crippen molar-refractivity contribution in [2.75, 3.05) is 19.6 Å². The monoisotopic (exact) mass is 299 g/mol. The summed E-state index contributed by atoms with van der Waals surface area (Å²) in [4.78, 5) is 21.3. The number of hydrogen-bond donors (Lipinski definition) is 1. The van der Waals surface area contributed by atoms with Crippen molar-refractivity contribution in [1.29, 1.82) is 0 Å². The lowest BCUT2D eigenvalue weighted by molar-refractivity contribution is -0.385. The highest BCUT2D eigenvalue weighted by molar-refractivity contribution is 7.89. The van der Waals surface area contributed by atoms with Crippen LogP contribution in [-0.2, 0) is 14.8 Å². The molecular formula is C11H13N3O5S. The summed E-state index contributed by atoms with van der Waals surface area (Å²) >= 11 is 0. The molecule has 0 unspecified atom stereocenters. The number of rotatable bonds is 3. The average Bonchev–Trinajstić information content (AvgIpc) is 2.38. The van der Waals surface area contributed by atoms with E-state index < -0.39 is 14.9 Å². The quantitative estimate of drug-likeness (QED) is 0.625. The van der Waals surface area contributed by atoms with Gasteiger partial charge in [-0.05, 0) is 13.0 Å². The lowest BCUT2D eigenvalue weighted by atomic mass is 10.2. The molecule has 0 atom stereocenters. The van der Waals surface area contributed by atoms with E-state index in [1.807, 2.05) is 0 Å². The van der Waals surface area contributed by atoms with Crippen molar-refractivity contribution >= 4 is 21.6 Å². The molecule has 0 spiro atoms. The van der Waals surface area contributed by atoms with Gasteiger partial charge in [0.05, 0.1) is 16.4 Å². The molecule has 1 amide bonds. The molecule has 1 aliphatic heterocycles. The molecule has 9 heteroatoms. The number of aryl methyl sites for hydroxylation is 1. The third kappa shape index (κ3) is 2.63. The fraction of sp³-hybridized carbons (Fsp3) is 0.364. The summed E-state index contributed by atoms with van der Waals surface area (Å²) in [6, 6.07) is 3.72. The highest BCUT2D eigenvalue weighted by atomic mass is 32.2. The Kier molecular flexibility index (Phi) is 3.73. The van der Waals surface area contributed by atoms with Crippen LogP contribution in [0.25, 0.3) is 0 Å². The topological polar surface area (TPSA) is 110 Å². The standard InChI is InChI=1S/C11H13N3O5S/c1-8-2-3-9(6-10(8)14(16)17)20(18,19)13-5-4-12-11(15)7-13/h2-3,6H,4-5,7H2,1H3,(H,12,15). The number of benzene rings is 1. The van der Waals surface area contributed by atoms with Crippen LogP contribution in [-0.4, -0.2) is 43.2 Å². The van der Waals surface area contributed by atoms with E-state index in [0.29, 0.717) is 5.56 Å². The zero-order valence-corrected chi connectivity index (χ0v) is 11.5. The van der Waals surface area contributed by atoms with Crippen LogP contribution in [0.1, 0.15) is 5.56 Å². The van der Waals surface area contributed by atoms with Crippen LogP contribution in [0, 0.1) is 17.0 Å². The summed E-state index contributed by atoms with van der Waals surface area (Å²) in [6.45, 7) is 1.63. The third-order valence-corrected chi connectivity index (χ3v) is 4.86. The number of hydrogen-bond acceptors (Lipinski definition) is 5. The van der Waals surface area contributed by atoms with Crippen LogP contribution in [0.2, 0.25) is 0 Å². The van der Waals surface area contributed by atoms with Gasteiger partial charge in [0.2, 0.25) is 15.9 Å². The number of amides is 1. The number of carbonyl (C=O) groups excluding carboxylic acids is 1. The molecule has 1 saturated heterocycles. The van der Waals surface area contributed by atoms with Gasteiger partial charge in [-0.15, -0.1) is 0 Å². The van der Waals surface area contributed by atoms with Gasteiger partial charge in [0.1, 0.15) is 0 Å². The van der Waals surface area contributed by atoms with Crippen molar-refractivity contribution in [1.82, 2.24) is 9.62 Å². The second kappa shape index (κ2) is 5.17. The van der Waals surface area contributed by atoms with E-state index in [4.69, 9.17) is 0 Å². The Bertz CT molecular complexity index is 671. The van der Waals surface area contributed by atoms with Gasteiger partial charge in [-0.2, -0.15) is 4.31 Å². The number of nitro groups is 1. The van der Waals surface area contributed by atoms with Gasteiger partial charge in [-0.1, -0.05) is 6.07 Å². The zero-order chi connectivity index (χ0) is 14.9. The predicted octanol–water partition coefficient (Wildman–Crippen LogP) is 0.0237. The van der Waals surface area contributed by atoms with E-state index in [2.05, 4.69) is 5.32 Å². The Morgan fingerprint density at radius 3 is 2.70 bits per heavy atom. The van der Waals surface area contributed by atoms with Gasteiger partial charge < -0.3 is 5.32 Å². The van der Waals surface area contributed by atoms with Crippen LogP contribution < -0.4 is 5.32 Å². The van der Waals surface area contributed by atoms with Crippen molar-refractivity contribution in [3.63, 3.8) is 0 Å². The molecule has 0 aliphatic carbocycles. The molecule has 8 nitrogen and oxygen atoms in total. The maximum atomic E-state index is 12.3. The first-order valence-electron chi connectivity index (χ1n) is 5.84. The molecule has 0 aromatic heterocycles. The van der Waals surface area contributed by atoms with Crippen LogP contribution in [0.3, 0.4) is 0 Å². The minimum atomic E-state index is -3.90. The Morgan fingerprint density at radius 1 is 1.40 bits per heavy atom. The molecule has 108 valence electrons. The third-order valence-electron chi connectivity index (χ3n) is 3.02. The Balaban J connectivity index is 2.41. The van der Waals surface area contributed by atoms with Crippen LogP contribution >= 0.6 is 0 Å². The van der Waals surface area contributed by atoms with Crippen LogP contribution in [0.15, 0.2) is 23.1 Å². The van der Waals surface area contributed by atoms with Gasteiger partial charge in [0.15, 0.2) is 0 Å². The summed E-state index contributed by atoms with van der Waals surface area (Å²) in [5.74, 6) is -0.388. The van der Waals surface area contributed by atoms with E-state index >= 15 is 0 Å². The number of nitro benzene ring substituents is 1. The number of nitrogens with one attached hydrogen (secondary N) is 1. The van der Waals surface area contributed by atoms with Gasteiger partial charge in [0, 0.05) is 24.7 Å². The molecular weight excluding hydrogens is 286 g/mol. The first-order chi connectivity index (χ1) is 9.32. The largest absolute Gasteiger partial charge is 0.354 e. The number of sulfonamides is 1. The average molecular weight is 299 g/mol. The molecule has 1 heterocycles. The van der Waals surface area contributed by atoms with Crippen LogP contribution in [0.4, 0.5) is 5.69 Å². The highest BCUT2D eigenvalue weighted by Gasteiger charge is 2.30. The fourth-order valence-electron chi connectivity index (χ4n) is 1.92. The van der Waals surface area contributed by atoms with E-state index in [1.54, 1.807) is 0 Å². The minimum Gasteiger partial charge on any atom is -0.354 e. The maximum absolute atomic E-state index is 12.3. The summed E-state index contributed by atoms with van der Waals surface area (Å²) < 4.78 is 25.7. The first kappa shape index (κ1) is 14.4. The Morgan fingerprint density at radius 2 is 2.10 bits per heavy atom. The smallest absolute Gasteiger partial charge is 0.273 e. The lowest BCUT2D eigenvalue weighted by Gasteiger charge is -2.25. The van der Waals surface area contributed by atoms with Crippen molar-refractivity contribution in [3.8, 4) is 0 Å². The van der Waals surface area contributed by atoms with E-state index in [1.165, 1.54) is 19.1 Å².